The van der Waals surface area contributed by atoms with Gasteiger partial charge in [-0.1, -0.05) is 11.6 Å². The fraction of sp³-hybridized carbons (Fsp3) is 0.214. The molecular formula is C14H13ClN4O2. The standard InChI is InChI=1S/C14H13ClN4O2/c1-14(21,8-19-5-4-17-9-19)13(20)18-11-3-2-10(7-16)12(15)6-11/h2-6,9,21H,8H2,1H3,(H,18,20). The van der Waals surface area contributed by atoms with Gasteiger partial charge in [0.15, 0.2) is 5.60 Å². The van der Waals surface area contributed by atoms with Gasteiger partial charge < -0.3 is 15.0 Å². The molecule has 1 aromatic carbocycles. The van der Waals surface area contributed by atoms with Crippen molar-refractivity contribution in [3.63, 3.8) is 0 Å². The number of benzene rings is 1. The molecule has 6 nitrogen and oxygen atoms in total. The van der Waals surface area contributed by atoms with Crippen molar-refractivity contribution in [2.24, 2.45) is 0 Å². The largest absolute Gasteiger partial charge is 0.378 e. The van der Waals surface area contributed by atoms with E-state index in [-0.39, 0.29) is 11.6 Å². The zero-order valence-corrected chi connectivity index (χ0v) is 12.0. The minimum absolute atomic E-state index is 0.0723. The third kappa shape index (κ3) is 3.60. The van der Waals surface area contributed by atoms with E-state index in [1.165, 1.54) is 25.4 Å². The summed E-state index contributed by atoms with van der Waals surface area (Å²) in [5, 5.41) is 21.8. The molecule has 7 heteroatoms. The highest BCUT2D eigenvalue weighted by molar-refractivity contribution is 6.32. The van der Waals surface area contributed by atoms with Crippen molar-refractivity contribution in [2.75, 3.05) is 5.32 Å². The van der Waals surface area contributed by atoms with Crippen molar-refractivity contribution in [1.29, 1.82) is 5.26 Å². The summed E-state index contributed by atoms with van der Waals surface area (Å²) in [7, 11) is 0. The number of nitriles is 1. The molecule has 0 saturated carbocycles. The molecule has 0 radical (unpaired) electrons. The van der Waals surface area contributed by atoms with E-state index in [2.05, 4.69) is 10.3 Å². The average Bonchev–Trinajstić information content (AvgIpc) is 2.91. The van der Waals surface area contributed by atoms with Crippen LogP contribution < -0.4 is 5.32 Å². The molecule has 0 aliphatic heterocycles. The normalized spacial score (nSPS) is 13.2. The summed E-state index contributed by atoms with van der Waals surface area (Å²) in [6.45, 7) is 1.48. The Kier molecular flexibility index (Phi) is 4.26. The van der Waals surface area contributed by atoms with Gasteiger partial charge in [-0.15, -0.1) is 0 Å². The molecule has 0 bridgehead atoms. The van der Waals surface area contributed by atoms with E-state index >= 15 is 0 Å². The lowest BCUT2D eigenvalue weighted by atomic mass is 10.1. The second-order valence-electron chi connectivity index (χ2n) is 4.77. The predicted octanol–water partition coefficient (Wildman–Crippen LogP) is 1.80. The van der Waals surface area contributed by atoms with Crippen LogP contribution in [0.3, 0.4) is 0 Å². The number of carbonyl (C=O) groups is 1. The van der Waals surface area contributed by atoms with E-state index in [1.54, 1.807) is 23.0 Å². The van der Waals surface area contributed by atoms with Crippen LogP contribution in [0.4, 0.5) is 5.69 Å². The first-order chi connectivity index (χ1) is 9.92. The molecule has 1 aromatic heterocycles. The van der Waals surface area contributed by atoms with Crippen molar-refractivity contribution in [2.45, 2.75) is 19.1 Å². The van der Waals surface area contributed by atoms with Crippen LogP contribution in [0.1, 0.15) is 12.5 Å². The first-order valence-corrected chi connectivity index (χ1v) is 6.49. The van der Waals surface area contributed by atoms with Crippen LogP contribution >= 0.6 is 11.6 Å². The zero-order chi connectivity index (χ0) is 15.5. The van der Waals surface area contributed by atoms with Crippen molar-refractivity contribution < 1.29 is 9.90 Å². The minimum Gasteiger partial charge on any atom is -0.378 e. The fourth-order valence-corrected chi connectivity index (χ4v) is 1.98. The van der Waals surface area contributed by atoms with E-state index in [4.69, 9.17) is 16.9 Å². The van der Waals surface area contributed by atoms with E-state index in [0.717, 1.165) is 0 Å². The number of amides is 1. The van der Waals surface area contributed by atoms with Gasteiger partial charge in [0.25, 0.3) is 5.91 Å². The Bertz CT molecular complexity index is 689. The number of carbonyl (C=O) groups excluding carboxylic acids is 1. The van der Waals surface area contributed by atoms with E-state index in [0.29, 0.717) is 11.3 Å². The molecule has 1 amide bonds. The molecule has 1 heterocycles. The number of nitrogens with zero attached hydrogens (tertiary/aromatic N) is 3. The number of aromatic nitrogens is 2. The Morgan fingerprint density at radius 3 is 2.95 bits per heavy atom. The number of nitrogens with one attached hydrogen (secondary N) is 1. The topological polar surface area (TPSA) is 90.9 Å². The molecule has 2 N–H and O–H groups in total. The molecule has 108 valence electrons. The Morgan fingerprint density at radius 1 is 1.62 bits per heavy atom. The number of halogens is 1. The lowest BCUT2D eigenvalue weighted by molar-refractivity contribution is -0.133. The average molecular weight is 305 g/mol. The van der Waals surface area contributed by atoms with Crippen molar-refractivity contribution in [3.8, 4) is 6.07 Å². The van der Waals surface area contributed by atoms with Crippen LogP contribution in [-0.2, 0) is 11.3 Å². The summed E-state index contributed by atoms with van der Waals surface area (Å²) in [6, 6.07) is 6.45. The molecule has 0 saturated heterocycles. The number of hydrogen-bond donors (Lipinski definition) is 2. The zero-order valence-electron chi connectivity index (χ0n) is 11.2. The van der Waals surface area contributed by atoms with Crippen LogP contribution in [0.25, 0.3) is 0 Å². The SMILES string of the molecule is CC(O)(Cn1ccnc1)C(=O)Nc1ccc(C#N)c(Cl)c1. The van der Waals surface area contributed by atoms with Crippen LogP contribution in [0.5, 0.6) is 0 Å². The van der Waals surface area contributed by atoms with Gasteiger partial charge in [0.05, 0.1) is 23.5 Å². The molecule has 1 atom stereocenters. The maximum absolute atomic E-state index is 12.1. The second-order valence-corrected chi connectivity index (χ2v) is 5.18. The smallest absolute Gasteiger partial charge is 0.257 e. The number of imidazole rings is 1. The van der Waals surface area contributed by atoms with Gasteiger partial charge in [-0.3, -0.25) is 4.79 Å². The molecule has 0 spiro atoms. The van der Waals surface area contributed by atoms with Crippen molar-refractivity contribution >= 4 is 23.2 Å². The summed E-state index contributed by atoms with van der Waals surface area (Å²) in [5.41, 5.74) is -0.879. The third-order valence-electron chi connectivity index (χ3n) is 2.89. The molecule has 0 fully saturated rings. The molecule has 2 rings (SSSR count). The number of anilines is 1. The summed E-state index contributed by atoms with van der Waals surface area (Å²) < 4.78 is 1.60. The van der Waals surface area contributed by atoms with Crippen LogP contribution in [0.2, 0.25) is 5.02 Å². The van der Waals surface area contributed by atoms with Crippen LogP contribution in [0, 0.1) is 11.3 Å². The molecule has 1 unspecified atom stereocenters. The van der Waals surface area contributed by atoms with Gasteiger partial charge >= 0.3 is 0 Å². The van der Waals surface area contributed by atoms with Crippen molar-refractivity contribution in [1.82, 2.24) is 9.55 Å². The van der Waals surface area contributed by atoms with E-state index < -0.39 is 11.5 Å². The van der Waals surface area contributed by atoms with Crippen LogP contribution in [0.15, 0.2) is 36.9 Å². The highest BCUT2D eigenvalue weighted by Crippen LogP contribution is 2.21. The Labute approximate surface area is 126 Å². The minimum atomic E-state index is -1.61. The first-order valence-electron chi connectivity index (χ1n) is 6.11. The maximum atomic E-state index is 12.1. The molecule has 21 heavy (non-hydrogen) atoms. The van der Waals surface area contributed by atoms with Gasteiger partial charge in [0, 0.05) is 18.1 Å². The lowest BCUT2D eigenvalue weighted by Gasteiger charge is -2.22. The first kappa shape index (κ1) is 15.0. The van der Waals surface area contributed by atoms with Gasteiger partial charge in [-0.05, 0) is 25.1 Å². The number of rotatable bonds is 4. The van der Waals surface area contributed by atoms with Crippen molar-refractivity contribution in [3.05, 3.63) is 47.5 Å². The Hall–Kier alpha value is -2.36. The molecular weight excluding hydrogens is 292 g/mol. The second kappa shape index (κ2) is 5.95. The number of aliphatic hydroxyl groups is 1. The van der Waals surface area contributed by atoms with Gasteiger partial charge in [0.1, 0.15) is 6.07 Å². The highest BCUT2D eigenvalue weighted by Gasteiger charge is 2.30. The van der Waals surface area contributed by atoms with E-state index in [1.807, 2.05) is 6.07 Å². The lowest BCUT2D eigenvalue weighted by Crippen LogP contribution is -2.43. The quantitative estimate of drug-likeness (QED) is 0.901. The summed E-state index contributed by atoms with van der Waals surface area (Å²) in [4.78, 5) is 16.0. The Balaban J connectivity index is 2.10. The highest BCUT2D eigenvalue weighted by atomic mass is 35.5. The molecule has 0 aliphatic carbocycles. The van der Waals surface area contributed by atoms with Gasteiger partial charge in [-0.2, -0.15) is 5.26 Å². The van der Waals surface area contributed by atoms with Gasteiger partial charge in [0.2, 0.25) is 0 Å². The van der Waals surface area contributed by atoms with E-state index in [9.17, 15) is 9.90 Å². The summed E-state index contributed by atoms with van der Waals surface area (Å²) in [5.74, 6) is -0.572. The molecule has 0 aliphatic rings. The summed E-state index contributed by atoms with van der Waals surface area (Å²) >= 11 is 5.89. The maximum Gasteiger partial charge on any atom is 0.257 e. The predicted molar refractivity (Wildman–Crippen MR) is 77.6 cm³/mol. The van der Waals surface area contributed by atoms with Gasteiger partial charge in [-0.25, -0.2) is 4.98 Å². The number of hydrogen-bond acceptors (Lipinski definition) is 4. The summed E-state index contributed by atoms with van der Waals surface area (Å²) in [6.07, 6.45) is 4.73. The fourth-order valence-electron chi connectivity index (χ4n) is 1.76. The monoisotopic (exact) mass is 304 g/mol. The van der Waals surface area contributed by atoms with Crippen LogP contribution in [-0.4, -0.2) is 26.2 Å². The molecule has 2 aromatic rings. The third-order valence-corrected chi connectivity index (χ3v) is 3.20. The Morgan fingerprint density at radius 2 is 2.38 bits per heavy atom.